The van der Waals surface area contributed by atoms with Crippen LogP contribution in [0, 0.1) is 0 Å². The minimum atomic E-state index is -0.271. The molecule has 0 atom stereocenters. The molecule has 1 amide bonds. The van der Waals surface area contributed by atoms with Crippen molar-refractivity contribution in [3.05, 3.63) is 53.3 Å². The van der Waals surface area contributed by atoms with Crippen LogP contribution in [0.15, 0.2) is 42.7 Å². The van der Waals surface area contributed by atoms with Crippen LogP contribution in [-0.2, 0) is 11.3 Å². The quantitative estimate of drug-likeness (QED) is 0.572. The largest absolute Gasteiger partial charge is 0.379 e. The van der Waals surface area contributed by atoms with E-state index in [2.05, 4.69) is 47.7 Å². The molecule has 0 unspecified atom stereocenters. The number of piperazine rings is 1. The summed E-state index contributed by atoms with van der Waals surface area (Å²) in [5.41, 5.74) is 3.87. The van der Waals surface area contributed by atoms with Gasteiger partial charge in [0.25, 0.3) is 5.91 Å². The van der Waals surface area contributed by atoms with Gasteiger partial charge in [-0.05, 0) is 11.6 Å². The first-order valence-electron chi connectivity index (χ1n) is 11.2. The first-order valence-corrected chi connectivity index (χ1v) is 12.0. The van der Waals surface area contributed by atoms with Crippen LogP contribution in [0.25, 0.3) is 10.6 Å². The predicted octanol–water partition coefficient (Wildman–Crippen LogP) is 2.09. The molecule has 1 aromatic carbocycles. The molecule has 2 N–H and O–H groups in total. The van der Waals surface area contributed by atoms with Crippen LogP contribution in [0.3, 0.4) is 0 Å². The van der Waals surface area contributed by atoms with Crippen molar-refractivity contribution in [3.63, 3.8) is 0 Å². The maximum atomic E-state index is 12.9. The van der Waals surface area contributed by atoms with Crippen LogP contribution in [0.5, 0.6) is 0 Å². The van der Waals surface area contributed by atoms with Crippen LogP contribution in [0.4, 0.5) is 11.4 Å². The summed E-state index contributed by atoms with van der Waals surface area (Å²) in [7, 11) is 0. The Morgan fingerprint density at radius 1 is 1.06 bits per heavy atom. The summed E-state index contributed by atoms with van der Waals surface area (Å²) in [6, 6.07) is 10.2. The van der Waals surface area contributed by atoms with E-state index in [0.717, 1.165) is 75.3 Å². The third-order valence-corrected chi connectivity index (χ3v) is 6.81. The molecule has 2 fully saturated rings. The number of pyridine rings is 1. The van der Waals surface area contributed by atoms with Crippen molar-refractivity contribution in [1.29, 1.82) is 0 Å². The number of rotatable bonds is 6. The van der Waals surface area contributed by atoms with E-state index in [1.807, 2.05) is 18.2 Å². The zero-order valence-corrected chi connectivity index (χ0v) is 19.2. The van der Waals surface area contributed by atoms with Crippen molar-refractivity contribution in [2.24, 2.45) is 0 Å². The van der Waals surface area contributed by atoms with Gasteiger partial charge in [0.15, 0.2) is 0 Å². The summed E-state index contributed by atoms with van der Waals surface area (Å²) < 4.78 is 5.41. The van der Waals surface area contributed by atoms with Gasteiger partial charge in [0.05, 0.1) is 30.8 Å². The molecule has 33 heavy (non-hydrogen) atoms. The highest BCUT2D eigenvalue weighted by atomic mass is 32.1. The van der Waals surface area contributed by atoms with Crippen LogP contribution in [-0.4, -0.2) is 78.5 Å². The van der Waals surface area contributed by atoms with Crippen molar-refractivity contribution < 1.29 is 9.53 Å². The first kappa shape index (κ1) is 21.9. The molecule has 0 saturated carbocycles. The third kappa shape index (κ3) is 5.36. The van der Waals surface area contributed by atoms with Gasteiger partial charge in [0, 0.05) is 57.6 Å². The Morgan fingerprint density at radius 3 is 2.64 bits per heavy atom. The van der Waals surface area contributed by atoms with E-state index >= 15 is 0 Å². The number of carbonyl (C=O) groups is 1. The van der Waals surface area contributed by atoms with Gasteiger partial charge in [-0.1, -0.05) is 35.6 Å². The molecular weight excluding hydrogens is 438 g/mol. The summed E-state index contributed by atoms with van der Waals surface area (Å²) in [5, 5.41) is 15.8. The monoisotopic (exact) mass is 465 g/mol. The van der Waals surface area contributed by atoms with E-state index in [4.69, 9.17) is 4.74 Å². The number of morpholine rings is 1. The molecule has 4 heterocycles. The van der Waals surface area contributed by atoms with Gasteiger partial charge in [0.1, 0.15) is 5.01 Å². The Labute approximate surface area is 196 Å². The van der Waals surface area contributed by atoms with Gasteiger partial charge in [0.2, 0.25) is 5.01 Å². The zero-order valence-electron chi connectivity index (χ0n) is 18.4. The predicted molar refractivity (Wildman–Crippen MR) is 129 cm³/mol. The molecule has 2 aromatic heterocycles. The summed E-state index contributed by atoms with van der Waals surface area (Å²) in [5.74, 6) is -0.271. The van der Waals surface area contributed by atoms with Crippen LogP contribution in [0.1, 0.15) is 15.4 Å². The zero-order chi connectivity index (χ0) is 22.5. The second kappa shape index (κ2) is 10.3. The van der Waals surface area contributed by atoms with E-state index in [-0.39, 0.29) is 5.91 Å². The highest BCUT2D eigenvalue weighted by molar-refractivity contribution is 7.16. The summed E-state index contributed by atoms with van der Waals surface area (Å²) in [6.07, 6.45) is 3.43. The molecule has 10 heteroatoms. The van der Waals surface area contributed by atoms with E-state index < -0.39 is 0 Å². The maximum Gasteiger partial charge on any atom is 0.286 e. The minimum Gasteiger partial charge on any atom is -0.379 e. The highest BCUT2D eigenvalue weighted by Gasteiger charge is 2.19. The molecule has 0 spiro atoms. The molecular formula is C23H27N7O2S. The highest BCUT2D eigenvalue weighted by Crippen LogP contribution is 2.28. The molecule has 2 saturated heterocycles. The van der Waals surface area contributed by atoms with E-state index in [1.54, 1.807) is 12.4 Å². The van der Waals surface area contributed by atoms with Crippen molar-refractivity contribution in [2.45, 2.75) is 6.54 Å². The fourth-order valence-electron chi connectivity index (χ4n) is 4.04. The lowest BCUT2D eigenvalue weighted by Gasteiger charge is -2.30. The van der Waals surface area contributed by atoms with Gasteiger partial charge >= 0.3 is 0 Å². The molecule has 0 bridgehead atoms. The van der Waals surface area contributed by atoms with E-state index in [0.29, 0.717) is 10.7 Å². The topological polar surface area (TPSA) is 95.5 Å². The number of anilines is 2. The number of hydrogen-bond donors (Lipinski definition) is 2. The van der Waals surface area contributed by atoms with Crippen LogP contribution in [0.2, 0.25) is 0 Å². The third-order valence-electron chi connectivity index (χ3n) is 5.83. The standard InChI is InChI=1S/C23H27N7O2S/c31-21(26-19-15-25-6-5-20(19)30-9-7-24-8-10-30)23-28-27-22(33-23)18-3-1-17(2-4-18)16-29-11-13-32-14-12-29/h1-6,15,24H,7-14,16H2,(H,26,31). The van der Waals surface area contributed by atoms with E-state index in [9.17, 15) is 4.79 Å². The van der Waals surface area contributed by atoms with Gasteiger partial charge in [-0.3, -0.25) is 14.7 Å². The van der Waals surface area contributed by atoms with Crippen LogP contribution >= 0.6 is 11.3 Å². The van der Waals surface area contributed by atoms with E-state index in [1.165, 1.54) is 16.9 Å². The lowest BCUT2D eigenvalue weighted by Crippen LogP contribution is -2.43. The average Bonchev–Trinajstić information content (AvgIpc) is 3.37. The number of nitrogens with zero attached hydrogens (tertiary/aromatic N) is 5. The molecule has 172 valence electrons. The Balaban J connectivity index is 1.25. The van der Waals surface area contributed by atoms with Crippen molar-refractivity contribution in [3.8, 4) is 10.6 Å². The summed E-state index contributed by atoms with van der Waals surface area (Å²) in [6.45, 7) is 8.03. The summed E-state index contributed by atoms with van der Waals surface area (Å²) in [4.78, 5) is 21.7. The fourth-order valence-corrected chi connectivity index (χ4v) is 4.79. The second-order valence-corrected chi connectivity index (χ2v) is 9.06. The molecule has 0 radical (unpaired) electrons. The Morgan fingerprint density at radius 2 is 1.85 bits per heavy atom. The van der Waals surface area contributed by atoms with Gasteiger partial charge in [-0.2, -0.15) is 0 Å². The second-order valence-electron chi connectivity index (χ2n) is 8.08. The molecule has 2 aliphatic rings. The number of aromatic nitrogens is 3. The van der Waals surface area contributed by atoms with Crippen molar-refractivity contribution >= 4 is 28.6 Å². The fraction of sp³-hybridized carbons (Fsp3) is 0.391. The molecule has 3 aromatic rings. The Bertz CT molecular complexity index is 1080. The lowest BCUT2D eigenvalue weighted by atomic mass is 10.1. The Kier molecular flexibility index (Phi) is 6.87. The number of benzene rings is 1. The lowest BCUT2D eigenvalue weighted by molar-refractivity contribution is 0.0342. The SMILES string of the molecule is O=C(Nc1cnccc1N1CCNCC1)c1nnc(-c2ccc(CN3CCOCC3)cc2)s1. The maximum absolute atomic E-state index is 12.9. The number of nitrogens with one attached hydrogen (secondary N) is 2. The van der Waals surface area contributed by atoms with Gasteiger partial charge in [-0.25, -0.2) is 0 Å². The number of ether oxygens (including phenoxy) is 1. The molecule has 9 nitrogen and oxygen atoms in total. The van der Waals surface area contributed by atoms with Gasteiger partial charge in [-0.15, -0.1) is 10.2 Å². The van der Waals surface area contributed by atoms with Crippen LogP contribution < -0.4 is 15.5 Å². The van der Waals surface area contributed by atoms with Crippen molar-refractivity contribution in [2.75, 3.05) is 62.7 Å². The van der Waals surface area contributed by atoms with Gasteiger partial charge < -0.3 is 20.3 Å². The smallest absolute Gasteiger partial charge is 0.286 e. The number of amides is 1. The molecule has 0 aliphatic carbocycles. The minimum absolute atomic E-state index is 0.271. The van der Waals surface area contributed by atoms with Crippen molar-refractivity contribution in [1.82, 2.24) is 25.4 Å². The summed E-state index contributed by atoms with van der Waals surface area (Å²) >= 11 is 1.29. The normalized spacial score (nSPS) is 17.2. The Hall–Kier alpha value is -2.92. The average molecular weight is 466 g/mol. The molecule has 5 rings (SSSR count). The molecule has 2 aliphatic heterocycles. The number of carbonyl (C=O) groups excluding carboxylic acids is 1. The number of hydrogen-bond acceptors (Lipinski definition) is 9. The first-order chi connectivity index (χ1) is 16.3.